The molecule has 8 heteroatoms. The molecular formula is C24H38N4O3S. The molecule has 1 aliphatic carbocycles. The smallest absolute Gasteiger partial charge is 0.410 e. The molecule has 2 unspecified atom stereocenters. The maximum Gasteiger partial charge on any atom is 0.410 e. The number of likely N-dealkylation sites (tertiary alicyclic amines) is 1. The molecule has 1 fully saturated rings. The van der Waals surface area contributed by atoms with Gasteiger partial charge in [-0.2, -0.15) is 4.40 Å². The van der Waals surface area contributed by atoms with Gasteiger partial charge in [0.05, 0.1) is 16.2 Å². The molecule has 0 N–H and O–H groups in total. The summed E-state index contributed by atoms with van der Waals surface area (Å²) in [6, 6.07) is -0.0614. The van der Waals surface area contributed by atoms with E-state index in [1.807, 2.05) is 46.4 Å². The van der Waals surface area contributed by atoms with Crippen molar-refractivity contribution in [2.24, 2.45) is 15.2 Å². The van der Waals surface area contributed by atoms with Crippen LogP contribution in [0.1, 0.15) is 86.5 Å². The summed E-state index contributed by atoms with van der Waals surface area (Å²) in [6.45, 7) is 18.4. The van der Waals surface area contributed by atoms with Crippen LogP contribution < -0.4 is 0 Å². The number of rotatable bonds is 1. The van der Waals surface area contributed by atoms with Crippen molar-refractivity contribution < 1.29 is 13.7 Å². The minimum absolute atomic E-state index is 0.0614. The Balaban J connectivity index is 2.04. The largest absolute Gasteiger partial charge is 0.444 e. The summed E-state index contributed by atoms with van der Waals surface area (Å²) in [5.74, 6) is 0. The van der Waals surface area contributed by atoms with Gasteiger partial charge >= 0.3 is 6.09 Å². The average molecular weight is 463 g/mol. The van der Waals surface area contributed by atoms with E-state index in [0.29, 0.717) is 25.8 Å². The fourth-order valence-corrected chi connectivity index (χ4v) is 5.19. The van der Waals surface area contributed by atoms with E-state index >= 15 is 0 Å². The summed E-state index contributed by atoms with van der Waals surface area (Å²) in [7, 11) is -1.41. The van der Waals surface area contributed by atoms with Gasteiger partial charge in [0.2, 0.25) is 0 Å². The second-order valence-corrected chi connectivity index (χ2v) is 14.0. The highest BCUT2D eigenvalue weighted by molar-refractivity contribution is 7.85. The lowest BCUT2D eigenvalue weighted by Crippen LogP contribution is -2.57. The molecule has 0 radical (unpaired) electrons. The Hall–Kier alpha value is -1.83. The molecule has 3 rings (SSSR count). The highest BCUT2D eigenvalue weighted by atomic mass is 32.2. The molecule has 1 aromatic heterocycles. The molecule has 3 atom stereocenters. The number of hydrogen-bond acceptors (Lipinski definition) is 5. The average Bonchev–Trinajstić information content (AvgIpc) is 2.91. The van der Waals surface area contributed by atoms with Crippen LogP contribution in [0.4, 0.5) is 4.79 Å². The van der Waals surface area contributed by atoms with E-state index in [1.165, 1.54) is 0 Å². The Morgan fingerprint density at radius 1 is 1.12 bits per heavy atom. The second-order valence-electron chi connectivity index (χ2n) is 12.1. The van der Waals surface area contributed by atoms with Crippen molar-refractivity contribution in [2.75, 3.05) is 6.54 Å². The lowest BCUT2D eigenvalue weighted by atomic mass is 9.67. The third-order valence-electron chi connectivity index (χ3n) is 6.12. The molecule has 1 aliphatic heterocycles. The van der Waals surface area contributed by atoms with Gasteiger partial charge in [0.15, 0.2) is 0 Å². The van der Waals surface area contributed by atoms with Crippen LogP contribution in [-0.4, -0.2) is 53.8 Å². The zero-order chi connectivity index (χ0) is 24.1. The molecule has 1 aromatic rings. The van der Waals surface area contributed by atoms with Crippen LogP contribution in [-0.2, 0) is 22.1 Å². The Bertz CT molecular complexity index is 940. The van der Waals surface area contributed by atoms with Crippen LogP contribution in [0.25, 0.3) is 0 Å². The molecule has 1 spiro atoms. The maximum absolute atomic E-state index is 13.1. The number of carbonyl (C=O) groups excluding carboxylic acids is 1. The van der Waals surface area contributed by atoms with Gasteiger partial charge in [0.25, 0.3) is 0 Å². The Kier molecular flexibility index (Phi) is 6.35. The Morgan fingerprint density at radius 3 is 2.31 bits per heavy atom. The third-order valence-corrected chi connectivity index (χ3v) is 7.52. The van der Waals surface area contributed by atoms with E-state index < -0.39 is 21.3 Å². The van der Waals surface area contributed by atoms with Crippen LogP contribution >= 0.6 is 0 Å². The summed E-state index contributed by atoms with van der Waals surface area (Å²) in [6.07, 6.45) is 5.20. The molecule has 178 valence electrons. The minimum Gasteiger partial charge on any atom is -0.444 e. The number of fused-ring (bicyclic) bond motifs is 1. The first kappa shape index (κ1) is 24.8. The van der Waals surface area contributed by atoms with Crippen molar-refractivity contribution in [3.8, 4) is 0 Å². The number of hydrogen-bond donors (Lipinski definition) is 0. The molecule has 7 nitrogen and oxygen atoms in total. The van der Waals surface area contributed by atoms with E-state index in [4.69, 9.17) is 9.13 Å². The van der Waals surface area contributed by atoms with Gasteiger partial charge in [-0.3, -0.25) is 9.97 Å². The summed E-state index contributed by atoms with van der Waals surface area (Å²) < 4.78 is 23.1. The minimum atomic E-state index is -1.41. The first-order valence-corrected chi connectivity index (χ1v) is 12.5. The van der Waals surface area contributed by atoms with Crippen molar-refractivity contribution in [3.05, 3.63) is 23.8 Å². The van der Waals surface area contributed by atoms with Crippen LogP contribution in [0, 0.1) is 10.8 Å². The molecule has 0 aromatic carbocycles. The van der Waals surface area contributed by atoms with Gasteiger partial charge in [-0.15, -0.1) is 0 Å². The lowest BCUT2D eigenvalue weighted by molar-refractivity contribution is -0.0211. The van der Waals surface area contributed by atoms with Gasteiger partial charge < -0.3 is 9.64 Å². The Labute approximate surface area is 195 Å². The molecule has 0 saturated carbocycles. The van der Waals surface area contributed by atoms with Gasteiger partial charge in [-0.05, 0) is 59.8 Å². The van der Waals surface area contributed by atoms with Crippen LogP contribution in [0.5, 0.6) is 0 Å². The molecule has 0 bridgehead atoms. The van der Waals surface area contributed by atoms with Crippen molar-refractivity contribution in [1.82, 2.24) is 14.9 Å². The molecule has 2 heterocycles. The highest BCUT2D eigenvalue weighted by Gasteiger charge is 2.53. The van der Waals surface area contributed by atoms with Crippen LogP contribution in [0.2, 0.25) is 0 Å². The van der Waals surface area contributed by atoms with Gasteiger partial charge in [-0.25, -0.2) is 9.00 Å². The fourth-order valence-electron chi connectivity index (χ4n) is 4.47. The summed E-state index contributed by atoms with van der Waals surface area (Å²) in [4.78, 5) is 24.1. The van der Waals surface area contributed by atoms with E-state index in [0.717, 1.165) is 17.1 Å². The Morgan fingerprint density at radius 2 is 1.75 bits per heavy atom. The molecule has 1 amide bonds. The fraction of sp³-hybridized carbons (Fsp3) is 0.750. The van der Waals surface area contributed by atoms with Crippen LogP contribution in [0.15, 0.2) is 16.8 Å². The SMILES string of the molecule is CC(C)(C)OC(=O)N1CCC2(Cc3nccnc3/C2=N\S(=O)C(C)(C)C)C[C@@H]1C(C)(C)C. The topological polar surface area (TPSA) is 84.8 Å². The van der Waals surface area contributed by atoms with Crippen LogP contribution in [0.3, 0.4) is 0 Å². The predicted octanol–water partition coefficient (Wildman–Crippen LogP) is 4.72. The van der Waals surface area contributed by atoms with E-state index in [-0.39, 0.29) is 23.0 Å². The van der Waals surface area contributed by atoms with E-state index in [9.17, 15) is 9.00 Å². The number of carbonyl (C=O) groups is 1. The number of ether oxygens (including phenoxy) is 1. The number of amides is 1. The molecular weight excluding hydrogens is 424 g/mol. The monoisotopic (exact) mass is 462 g/mol. The summed E-state index contributed by atoms with van der Waals surface area (Å²) in [5.41, 5.74) is 1.36. The summed E-state index contributed by atoms with van der Waals surface area (Å²) >= 11 is 0. The van der Waals surface area contributed by atoms with Crippen molar-refractivity contribution in [2.45, 2.75) is 98.0 Å². The number of aromatic nitrogens is 2. The maximum atomic E-state index is 13.1. The predicted molar refractivity (Wildman–Crippen MR) is 128 cm³/mol. The van der Waals surface area contributed by atoms with E-state index in [1.54, 1.807) is 12.4 Å². The normalized spacial score (nSPS) is 26.3. The lowest BCUT2D eigenvalue weighted by Gasteiger charge is -2.49. The molecule has 1 saturated heterocycles. The van der Waals surface area contributed by atoms with Crippen molar-refractivity contribution >= 4 is 22.8 Å². The van der Waals surface area contributed by atoms with E-state index in [2.05, 4.69) is 30.7 Å². The second kappa shape index (κ2) is 8.19. The zero-order valence-corrected chi connectivity index (χ0v) is 21.8. The summed E-state index contributed by atoms with van der Waals surface area (Å²) in [5, 5.41) is 0. The first-order valence-electron chi connectivity index (χ1n) is 11.3. The van der Waals surface area contributed by atoms with Crippen molar-refractivity contribution in [3.63, 3.8) is 0 Å². The standard InChI is InChI=1S/C24H38N4O3S/c1-21(2,3)17-15-24(10-13-28(17)20(29)31-22(4,5)6)14-16-18(26-12-11-25-16)19(24)27-32(30)23(7,8)9/h11-12,17H,10,13-15H2,1-9H3/b27-19+/t17-,24?,32?/m1/s1. The molecule has 2 aliphatic rings. The highest BCUT2D eigenvalue weighted by Crippen LogP contribution is 2.49. The first-order chi connectivity index (χ1) is 14.5. The molecule has 32 heavy (non-hydrogen) atoms. The zero-order valence-electron chi connectivity index (χ0n) is 21.0. The number of piperidine rings is 1. The van der Waals surface area contributed by atoms with Gasteiger partial charge in [-0.1, -0.05) is 20.8 Å². The van der Waals surface area contributed by atoms with Gasteiger partial charge in [0.1, 0.15) is 22.3 Å². The van der Waals surface area contributed by atoms with Crippen molar-refractivity contribution in [1.29, 1.82) is 0 Å². The van der Waals surface area contributed by atoms with Gasteiger partial charge in [0, 0.05) is 36.8 Å². The quantitative estimate of drug-likeness (QED) is 0.603. The third kappa shape index (κ3) is 5.05. The number of nitrogens with zero attached hydrogens (tertiary/aromatic N) is 4.